The van der Waals surface area contributed by atoms with E-state index in [0.29, 0.717) is 22.8 Å². The van der Waals surface area contributed by atoms with Gasteiger partial charge in [0.1, 0.15) is 0 Å². The summed E-state index contributed by atoms with van der Waals surface area (Å²) in [7, 11) is 1.54. The Morgan fingerprint density at radius 1 is 1.53 bits per heavy atom. The van der Waals surface area contributed by atoms with Crippen LogP contribution in [0.2, 0.25) is 0 Å². The summed E-state index contributed by atoms with van der Waals surface area (Å²) >= 11 is 0. The minimum atomic E-state index is -0.728. The zero-order valence-electron chi connectivity index (χ0n) is 8.40. The minimum Gasteiger partial charge on any atom is -0.493 e. The predicted molar refractivity (Wildman–Crippen MR) is 54.3 cm³/mol. The van der Waals surface area contributed by atoms with Crippen LogP contribution in [0.5, 0.6) is 17.2 Å². The van der Waals surface area contributed by atoms with Crippen molar-refractivity contribution >= 4 is 0 Å². The quantitative estimate of drug-likeness (QED) is 0.767. The molecule has 1 aliphatic rings. The van der Waals surface area contributed by atoms with Crippen molar-refractivity contribution in [3.8, 4) is 17.2 Å². The summed E-state index contributed by atoms with van der Waals surface area (Å²) in [6.45, 7) is 3.70. The number of aliphatic hydroxyl groups excluding tert-OH is 1. The fraction of sp³-hybridized carbons (Fsp3) is 0.273. The van der Waals surface area contributed by atoms with Crippen LogP contribution >= 0.6 is 0 Å². The number of hydrogen-bond donors (Lipinski definition) is 1. The molecule has 1 aromatic carbocycles. The second-order valence-electron chi connectivity index (χ2n) is 3.14. The Morgan fingerprint density at radius 3 is 3.00 bits per heavy atom. The number of fused-ring (bicyclic) bond motifs is 1. The van der Waals surface area contributed by atoms with E-state index in [0.717, 1.165) is 0 Å². The molecule has 1 aromatic rings. The van der Waals surface area contributed by atoms with Crippen molar-refractivity contribution in [3.63, 3.8) is 0 Å². The second kappa shape index (κ2) is 3.82. The van der Waals surface area contributed by atoms with Gasteiger partial charge in [-0.3, -0.25) is 0 Å². The molecule has 0 spiro atoms. The highest BCUT2D eigenvalue weighted by Crippen LogP contribution is 2.42. The van der Waals surface area contributed by atoms with E-state index in [2.05, 4.69) is 6.58 Å². The van der Waals surface area contributed by atoms with Crippen LogP contribution in [0.15, 0.2) is 24.8 Å². The van der Waals surface area contributed by atoms with Crippen molar-refractivity contribution in [2.75, 3.05) is 13.9 Å². The van der Waals surface area contributed by atoms with Crippen molar-refractivity contribution in [2.24, 2.45) is 0 Å². The highest BCUT2D eigenvalue weighted by atomic mass is 16.7. The molecule has 0 bridgehead atoms. The van der Waals surface area contributed by atoms with E-state index in [9.17, 15) is 5.11 Å². The molecule has 2 rings (SSSR count). The maximum atomic E-state index is 9.61. The lowest BCUT2D eigenvalue weighted by atomic mass is 10.1. The van der Waals surface area contributed by atoms with Crippen molar-refractivity contribution in [3.05, 3.63) is 30.4 Å². The summed E-state index contributed by atoms with van der Waals surface area (Å²) in [5, 5.41) is 9.61. The van der Waals surface area contributed by atoms with E-state index in [1.807, 2.05) is 0 Å². The van der Waals surface area contributed by atoms with Crippen molar-refractivity contribution in [2.45, 2.75) is 6.10 Å². The van der Waals surface area contributed by atoms with Crippen molar-refractivity contribution in [1.29, 1.82) is 0 Å². The lowest BCUT2D eigenvalue weighted by Crippen LogP contribution is -1.94. The van der Waals surface area contributed by atoms with Crippen LogP contribution in [0.3, 0.4) is 0 Å². The SMILES string of the molecule is C=C[C@H](O)c1cc(OC)c2c(c1)OCO2. The van der Waals surface area contributed by atoms with Crippen LogP contribution in [0, 0.1) is 0 Å². The molecule has 4 heteroatoms. The number of rotatable bonds is 3. The van der Waals surface area contributed by atoms with Gasteiger partial charge < -0.3 is 19.3 Å². The van der Waals surface area contributed by atoms with Gasteiger partial charge in [0.15, 0.2) is 11.5 Å². The van der Waals surface area contributed by atoms with Crippen LogP contribution in [0.25, 0.3) is 0 Å². The number of aliphatic hydroxyl groups is 1. The second-order valence-corrected chi connectivity index (χ2v) is 3.14. The van der Waals surface area contributed by atoms with Gasteiger partial charge in [0.25, 0.3) is 0 Å². The maximum Gasteiger partial charge on any atom is 0.231 e. The van der Waals surface area contributed by atoms with Gasteiger partial charge in [-0.05, 0) is 17.7 Å². The van der Waals surface area contributed by atoms with Gasteiger partial charge in [0.2, 0.25) is 12.5 Å². The van der Waals surface area contributed by atoms with Gasteiger partial charge >= 0.3 is 0 Å². The highest BCUT2D eigenvalue weighted by Gasteiger charge is 2.21. The van der Waals surface area contributed by atoms with E-state index in [4.69, 9.17) is 14.2 Å². The Kier molecular flexibility index (Phi) is 2.51. The number of hydrogen-bond acceptors (Lipinski definition) is 4. The topological polar surface area (TPSA) is 47.9 Å². The highest BCUT2D eigenvalue weighted by molar-refractivity contribution is 5.55. The molecular formula is C11H12O4. The Hall–Kier alpha value is -1.68. The lowest BCUT2D eigenvalue weighted by molar-refractivity contribution is 0.171. The first-order valence-corrected chi connectivity index (χ1v) is 4.54. The molecule has 15 heavy (non-hydrogen) atoms. The summed E-state index contributed by atoms with van der Waals surface area (Å²) in [6.07, 6.45) is 0.713. The molecule has 0 saturated carbocycles. The third-order valence-corrected chi connectivity index (χ3v) is 2.25. The molecule has 1 N–H and O–H groups in total. The monoisotopic (exact) mass is 208 g/mol. The van der Waals surface area contributed by atoms with E-state index in [1.54, 1.807) is 19.2 Å². The van der Waals surface area contributed by atoms with Crippen LogP contribution in [0.4, 0.5) is 0 Å². The summed E-state index contributed by atoms with van der Waals surface area (Å²) in [5.74, 6) is 1.73. The first-order valence-electron chi connectivity index (χ1n) is 4.54. The largest absolute Gasteiger partial charge is 0.493 e. The number of methoxy groups -OCH3 is 1. The standard InChI is InChI=1S/C11H12O4/c1-3-8(12)7-4-9(13-2)11-10(5-7)14-6-15-11/h3-5,8,12H,1,6H2,2H3/t8-/m0/s1. The average molecular weight is 208 g/mol. The molecule has 80 valence electrons. The van der Waals surface area contributed by atoms with E-state index >= 15 is 0 Å². The number of ether oxygens (including phenoxy) is 3. The molecule has 0 radical (unpaired) electrons. The van der Waals surface area contributed by atoms with Crippen LogP contribution in [0.1, 0.15) is 11.7 Å². The summed E-state index contributed by atoms with van der Waals surface area (Å²) in [5.41, 5.74) is 0.672. The van der Waals surface area contributed by atoms with Crippen LogP contribution < -0.4 is 14.2 Å². The molecule has 0 amide bonds. The van der Waals surface area contributed by atoms with E-state index < -0.39 is 6.10 Å². The van der Waals surface area contributed by atoms with Crippen molar-refractivity contribution in [1.82, 2.24) is 0 Å². The molecule has 0 aliphatic carbocycles. The molecule has 1 heterocycles. The van der Waals surface area contributed by atoms with Gasteiger partial charge in [0, 0.05) is 0 Å². The van der Waals surface area contributed by atoms with E-state index in [1.165, 1.54) is 6.08 Å². The molecule has 0 saturated heterocycles. The van der Waals surface area contributed by atoms with Crippen LogP contribution in [-0.2, 0) is 0 Å². The first kappa shape index (κ1) is 9.86. The van der Waals surface area contributed by atoms with E-state index in [-0.39, 0.29) is 6.79 Å². The molecule has 0 unspecified atom stereocenters. The Bertz CT molecular complexity index is 386. The Balaban J connectivity index is 2.47. The van der Waals surface area contributed by atoms with Gasteiger partial charge in [-0.2, -0.15) is 0 Å². The van der Waals surface area contributed by atoms with Gasteiger partial charge in [-0.1, -0.05) is 6.08 Å². The normalized spacial score (nSPS) is 14.8. The minimum absolute atomic E-state index is 0.180. The van der Waals surface area contributed by atoms with Gasteiger partial charge in [-0.25, -0.2) is 0 Å². The zero-order valence-corrected chi connectivity index (χ0v) is 8.40. The predicted octanol–water partition coefficient (Wildman–Crippen LogP) is 1.64. The first-order chi connectivity index (χ1) is 7.26. The zero-order chi connectivity index (χ0) is 10.8. The maximum absolute atomic E-state index is 9.61. The molecule has 1 aliphatic heterocycles. The van der Waals surface area contributed by atoms with Crippen molar-refractivity contribution < 1.29 is 19.3 Å². The number of benzene rings is 1. The van der Waals surface area contributed by atoms with Crippen LogP contribution in [-0.4, -0.2) is 19.0 Å². The van der Waals surface area contributed by atoms with Gasteiger partial charge in [0.05, 0.1) is 13.2 Å². The summed E-state index contributed by atoms with van der Waals surface area (Å²) in [6, 6.07) is 3.43. The smallest absolute Gasteiger partial charge is 0.231 e. The molecule has 1 atom stereocenters. The van der Waals surface area contributed by atoms with Gasteiger partial charge in [-0.15, -0.1) is 6.58 Å². The summed E-state index contributed by atoms with van der Waals surface area (Å²) < 4.78 is 15.6. The fourth-order valence-electron chi connectivity index (χ4n) is 1.46. The molecule has 0 fully saturated rings. The molecule has 0 aromatic heterocycles. The third kappa shape index (κ3) is 1.64. The third-order valence-electron chi connectivity index (χ3n) is 2.25. The average Bonchev–Trinajstić information content (AvgIpc) is 2.74. The molecule has 4 nitrogen and oxygen atoms in total. The summed E-state index contributed by atoms with van der Waals surface area (Å²) in [4.78, 5) is 0. The lowest BCUT2D eigenvalue weighted by Gasteiger charge is -2.10. The molecular weight excluding hydrogens is 196 g/mol. The Labute approximate surface area is 87.7 Å². The fourth-order valence-corrected chi connectivity index (χ4v) is 1.46. The Morgan fingerprint density at radius 2 is 2.33 bits per heavy atom.